The van der Waals surface area contributed by atoms with E-state index < -0.39 is 16.6 Å². The van der Waals surface area contributed by atoms with Crippen molar-refractivity contribution in [1.82, 2.24) is 0 Å². The van der Waals surface area contributed by atoms with Gasteiger partial charge in [-0.05, 0) is 0 Å². The van der Waals surface area contributed by atoms with Gasteiger partial charge in [0.25, 0.3) is 5.13 Å². The quantitative estimate of drug-likeness (QED) is 0.450. The van der Waals surface area contributed by atoms with Crippen LogP contribution in [-0.4, -0.2) is 11.1 Å². The molecule has 44 valence electrons. The van der Waals surface area contributed by atoms with E-state index in [0.717, 1.165) is 0 Å². The van der Waals surface area contributed by atoms with Crippen LogP contribution in [0.3, 0.4) is 0 Å². The molecule has 1 aliphatic rings. The first kappa shape index (κ1) is 5.95. The van der Waals surface area contributed by atoms with E-state index in [0.29, 0.717) is 0 Å². The summed E-state index contributed by atoms with van der Waals surface area (Å²) >= 11 is 4.44. The number of rotatable bonds is 0. The molecule has 0 saturated heterocycles. The van der Waals surface area contributed by atoms with E-state index in [9.17, 15) is 13.2 Å². The predicted octanol–water partition coefficient (Wildman–Crippen LogP) is 1.78. The molecule has 2 radical (unpaired) electrons. The molecule has 0 N–H and O–H groups in total. The molecule has 0 spiro atoms. The zero-order chi connectivity index (χ0) is 6.58. The van der Waals surface area contributed by atoms with Gasteiger partial charge in [-0.3, -0.25) is 0 Å². The molecule has 1 unspecified atom stereocenters. The molecule has 1 fully saturated rings. The Morgan fingerprint density at radius 2 is 1.50 bits per heavy atom. The molecular weight excluding hydrogens is 140 g/mol. The van der Waals surface area contributed by atoms with Gasteiger partial charge >= 0.3 is 5.92 Å². The molecule has 0 aromatic heterocycles. The number of hydrogen-bond donors (Lipinski definition) is 0. The van der Waals surface area contributed by atoms with Crippen LogP contribution in [0.4, 0.5) is 13.2 Å². The van der Waals surface area contributed by atoms with E-state index >= 15 is 0 Å². The molecule has 0 aromatic rings. The van der Waals surface area contributed by atoms with Crippen LogP contribution in [0.15, 0.2) is 5.57 Å². The lowest BCUT2D eigenvalue weighted by atomic mass is 10.7. The van der Waals surface area contributed by atoms with Crippen molar-refractivity contribution < 1.29 is 13.2 Å². The minimum Gasteiger partial charge on any atom is -0.214 e. The summed E-state index contributed by atoms with van der Waals surface area (Å²) < 4.78 is 34.9. The second kappa shape index (κ2) is 1.05. The van der Waals surface area contributed by atoms with Crippen LogP contribution in [0.5, 0.6) is 0 Å². The van der Waals surface area contributed by atoms with Crippen LogP contribution in [0.1, 0.15) is 0 Å². The average molecular weight is 140 g/mol. The Bertz CT molecular complexity index is 133. The first-order valence-electron chi connectivity index (χ1n) is 1.76. The average Bonchev–Trinajstić information content (AvgIpc) is 1.88. The van der Waals surface area contributed by atoms with Crippen molar-refractivity contribution >= 4 is 11.6 Å². The van der Waals surface area contributed by atoms with Gasteiger partial charge < -0.3 is 0 Å². The van der Waals surface area contributed by atoms with Crippen LogP contribution in [0.2, 0.25) is 0 Å². The second-order valence-corrected chi connectivity index (χ2v) is 2.04. The largest absolute Gasteiger partial charge is 0.326 e. The fraction of sp³-hybridized carbons (Fsp3) is 0.500. The summed E-state index contributed by atoms with van der Waals surface area (Å²) in [6.07, 6.45) is 0. The van der Waals surface area contributed by atoms with E-state index in [1.165, 1.54) is 0 Å². The van der Waals surface area contributed by atoms with Gasteiger partial charge in [-0.2, -0.15) is 8.78 Å². The predicted molar refractivity (Wildman–Crippen MR) is 21.4 cm³/mol. The van der Waals surface area contributed by atoms with Crippen molar-refractivity contribution in [3.63, 3.8) is 0 Å². The maximum Gasteiger partial charge on any atom is 0.326 e. The van der Waals surface area contributed by atoms with Crippen molar-refractivity contribution in [3.05, 3.63) is 12.2 Å². The fourth-order valence-corrected chi connectivity index (χ4v) is 0.458. The first-order chi connectivity index (χ1) is 3.40. The highest BCUT2D eigenvalue weighted by atomic mass is 35.5. The van der Waals surface area contributed by atoms with Gasteiger partial charge in [0.05, 0.1) is 5.57 Å². The third kappa shape index (κ3) is 0.382. The summed E-state index contributed by atoms with van der Waals surface area (Å²) in [5.41, 5.74) is -1.34. The standard InChI is InChI=1S/C4ClF3/c1-2-3(5,6)4(2,7)8. The monoisotopic (exact) mass is 140 g/mol. The van der Waals surface area contributed by atoms with Crippen LogP contribution >= 0.6 is 11.6 Å². The molecule has 0 aromatic carbocycles. The van der Waals surface area contributed by atoms with Gasteiger partial charge in [0, 0.05) is 6.58 Å². The zero-order valence-corrected chi connectivity index (χ0v) is 4.27. The lowest BCUT2D eigenvalue weighted by Crippen LogP contribution is -2.01. The van der Waals surface area contributed by atoms with E-state index in [4.69, 9.17) is 6.58 Å². The van der Waals surface area contributed by atoms with Crippen molar-refractivity contribution in [2.75, 3.05) is 0 Å². The molecule has 1 saturated carbocycles. The third-order valence-electron chi connectivity index (χ3n) is 0.960. The van der Waals surface area contributed by atoms with Gasteiger partial charge in [-0.1, -0.05) is 11.6 Å². The molecule has 1 rings (SSSR count). The molecule has 0 bridgehead atoms. The SMILES string of the molecule is [C]=C1C(F)(F)C1(F)Cl. The lowest BCUT2D eigenvalue weighted by Gasteiger charge is -1.87. The van der Waals surface area contributed by atoms with E-state index in [2.05, 4.69) is 11.6 Å². The minimum absolute atomic E-state index is 1.34. The molecule has 0 heterocycles. The summed E-state index contributed by atoms with van der Waals surface area (Å²) in [6.45, 7) is 6.16. The Morgan fingerprint density at radius 1 is 1.38 bits per heavy atom. The Morgan fingerprint density at radius 3 is 1.50 bits per heavy atom. The summed E-state index contributed by atoms with van der Waals surface area (Å²) in [5, 5.41) is -3.17. The molecule has 1 aliphatic carbocycles. The molecule has 0 nitrogen and oxygen atoms in total. The van der Waals surface area contributed by atoms with Gasteiger partial charge in [-0.15, -0.1) is 0 Å². The van der Waals surface area contributed by atoms with Crippen molar-refractivity contribution in [2.24, 2.45) is 0 Å². The Labute approximate surface area is 48.9 Å². The maximum absolute atomic E-state index is 11.8. The number of alkyl halides is 4. The van der Waals surface area contributed by atoms with Gasteiger partial charge in [-0.25, -0.2) is 4.39 Å². The van der Waals surface area contributed by atoms with E-state index in [-0.39, 0.29) is 0 Å². The third-order valence-corrected chi connectivity index (χ3v) is 1.39. The van der Waals surface area contributed by atoms with E-state index in [1.54, 1.807) is 0 Å². The molecule has 0 amide bonds. The first-order valence-corrected chi connectivity index (χ1v) is 2.13. The Hall–Kier alpha value is -0.180. The number of hydrogen-bond acceptors (Lipinski definition) is 0. The molecule has 0 aliphatic heterocycles. The lowest BCUT2D eigenvalue weighted by molar-refractivity contribution is 0.0803. The molecule has 8 heavy (non-hydrogen) atoms. The summed E-state index contributed by atoms with van der Waals surface area (Å²) in [5.74, 6) is -3.71. The van der Waals surface area contributed by atoms with Gasteiger partial charge in [0.15, 0.2) is 0 Å². The topological polar surface area (TPSA) is 0 Å². The number of allylic oxidation sites excluding steroid dienone is 1. The van der Waals surface area contributed by atoms with Crippen LogP contribution < -0.4 is 0 Å². The van der Waals surface area contributed by atoms with Crippen LogP contribution in [0.25, 0.3) is 0 Å². The Kier molecular flexibility index (Phi) is 0.782. The maximum atomic E-state index is 11.8. The van der Waals surface area contributed by atoms with Crippen molar-refractivity contribution in [3.8, 4) is 0 Å². The highest BCUT2D eigenvalue weighted by molar-refractivity contribution is 6.29. The van der Waals surface area contributed by atoms with Crippen LogP contribution in [0, 0.1) is 6.58 Å². The smallest absolute Gasteiger partial charge is 0.214 e. The fourth-order valence-electron chi connectivity index (χ4n) is 0.292. The minimum atomic E-state index is -3.71. The van der Waals surface area contributed by atoms with Gasteiger partial charge in [0.1, 0.15) is 0 Å². The highest BCUT2D eigenvalue weighted by Gasteiger charge is 2.78. The normalized spacial score (nSPS) is 42.2. The number of halogens is 4. The van der Waals surface area contributed by atoms with E-state index in [1.807, 2.05) is 0 Å². The zero-order valence-electron chi connectivity index (χ0n) is 3.51. The summed E-state index contributed by atoms with van der Waals surface area (Å²) in [7, 11) is 0. The molecule has 4 heteroatoms. The molecular formula is C4ClF3. The summed E-state index contributed by atoms with van der Waals surface area (Å²) in [6, 6.07) is 0. The highest BCUT2D eigenvalue weighted by Crippen LogP contribution is 2.62. The van der Waals surface area contributed by atoms with Gasteiger partial charge in [0.2, 0.25) is 0 Å². The van der Waals surface area contributed by atoms with Crippen LogP contribution in [-0.2, 0) is 0 Å². The second-order valence-electron chi connectivity index (χ2n) is 1.52. The summed E-state index contributed by atoms with van der Waals surface area (Å²) in [4.78, 5) is 0. The Balaban J connectivity index is 2.88. The van der Waals surface area contributed by atoms with Crippen molar-refractivity contribution in [2.45, 2.75) is 11.1 Å². The van der Waals surface area contributed by atoms with Crippen molar-refractivity contribution in [1.29, 1.82) is 0 Å². The molecule has 1 atom stereocenters.